The van der Waals surface area contributed by atoms with E-state index in [1.807, 2.05) is 0 Å². The quantitative estimate of drug-likeness (QED) is 0.752. The van der Waals surface area contributed by atoms with Gasteiger partial charge in [-0.15, -0.1) is 0 Å². The topological polar surface area (TPSA) is 9.23 Å². The van der Waals surface area contributed by atoms with Crippen LogP contribution in [0, 0.1) is 0 Å². The lowest BCUT2D eigenvalue weighted by Crippen LogP contribution is -2.06. The van der Waals surface area contributed by atoms with Gasteiger partial charge in [0.2, 0.25) is 0 Å². The standard InChI is InChI=1S/C13H15F3O/c1-2-11-7-8-12(17-11)9-3-5-10(6-4-9)13(14,15)16/h3-6,11-12H,2,7-8H2,1H3/t11-,12-/m1/s1. The maximum absolute atomic E-state index is 12.4. The highest BCUT2D eigenvalue weighted by Gasteiger charge is 2.31. The van der Waals surface area contributed by atoms with E-state index < -0.39 is 11.7 Å². The summed E-state index contributed by atoms with van der Waals surface area (Å²) < 4.78 is 42.9. The highest BCUT2D eigenvalue weighted by Crippen LogP contribution is 2.35. The summed E-state index contributed by atoms with van der Waals surface area (Å²) in [6.45, 7) is 2.06. The van der Waals surface area contributed by atoms with E-state index in [0.29, 0.717) is 0 Å². The van der Waals surface area contributed by atoms with Crippen LogP contribution in [0.4, 0.5) is 13.2 Å². The van der Waals surface area contributed by atoms with E-state index in [4.69, 9.17) is 4.74 Å². The predicted octanol–water partition coefficient (Wildman–Crippen LogP) is 4.34. The van der Waals surface area contributed by atoms with Crippen LogP contribution in [0.2, 0.25) is 0 Å². The average molecular weight is 244 g/mol. The number of halogens is 3. The second kappa shape index (κ2) is 4.69. The minimum absolute atomic E-state index is 0.0396. The Morgan fingerprint density at radius 2 is 1.82 bits per heavy atom. The van der Waals surface area contributed by atoms with Crippen LogP contribution in [-0.4, -0.2) is 6.10 Å². The number of ether oxygens (including phenoxy) is 1. The van der Waals surface area contributed by atoms with E-state index in [9.17, 15) is 13.2 Å². The Kier molecular flexibility index (Phi) is 3.43. The molecule has 1 aliphatic rings. The lowest BCUT2D eigenvalue weighted by Gasteiger charge is -2.14. The molecule has 1 aromatic carbocycles. The normalized spacial score (nSPS) is 25.2. The molecule has 0 amide bonds. The van der Waals surface area contributed by atoms with Crippen molar-refractivity contribution in [2.45, 2.75) is 44.6 Å². The third-order valence-corrected chi connectivity index (χ3v) is 3.17. The molecule has 2 atom stereocenters. The maximum Gasteiger partial charge on any atom is 0.416 e. The van der Waals surface area contributed by atoms with Crippen molar-refractivity contribution in [3.05, 3.63) is 35.4 Å². The zero-order chi connectivity index (χ0) is 12.5. The number of alkyl halides is 3. The van der Waals surface area contributed by atoms with Crippen molar-refractivity contribution in [2.75, 3.05) is 0 Å². The van der Waals surface area contributed by atoms with Gasteiger partial charge in [0, 0.05) is 0 Å². The molecule has 0 N–H and O–H groups in total. The van der Waals surface area contributed by atoms with Crippen LogP contribution in [0.1, 0.15) is 43.4 Å². The molecule has 1 nitrogen and oxygen atoms in total. The lowest BCUT2D eigenvalue weighted by atomic mass is 10.0. The fourth-order valence-corrected chi connectivity index (χ4v) is 2.14. The molecule has 0 aliphatic carbocycles. The van der Waals surface area contributed by atoms with Gasteiger partial charge in [0.25, 0.3) is 0 Å². The highest BCUT2D eigenvalue weighted by atomic mass is 19.4. The molecule has 2 rings (SSSR count). The van der Waals surface area contributed by atoms with E-state index in [2.05, 4.69) is 6.92 Å². The number of benzene rings is 1. The molecular formula is C13H15F3O. The van der Waals surface area contributed by atoms with Gasteiger partial charge in [0.15, 0.2) is 0 Å². The van der Waals surface area contributed by atoms with Crippen LogP contribution in [0.5, 0.6) is 0 Å². The van der Waals surface area contributed by atoms with Crippen LogP contribution < -0.4 is 0 Å². The van der Waals surface area contributed by atoms with E-state index in [0.717, 1.165) is 37.0 Å². The first kappa shape index (κ1) is 12.4. The first-order valence-corrected chi connectivity index (χ1v) is 5.83. The Morgan fingerprint density at radius 3 is 2.29 bits per heavy atom. The molecule has 17 heavy (non-hydrogen) atoms. The minimum atomic E-state index is -4.26. The Hall–Kier alpha value is -1.03. The fraction of sp³-hybridized carbons (Fsp3) is 0.538. The van der Waals surface area contributed by atoms with Crippen LogP contribution >= 0.6 is 0 Å². The molecule has 0 aromatic heterocycles. The molecule has 0 unspecified atom stereocenters. The van der Waals surface area contributed by atoms with Gasteiger partial charge in [-0.2, -0.15) is 13.2 Å². The summed E-state index contributed by atoms with van der Waals surface area (Å²) in [5, 5.41) is 0. The molecule has 1 aromatic rings. The summed E-state index contributed by atoms with van der Waals surface area (Å²) in [6, 6.07) is 5.28. The van der Waals surface area contributed by atoms with Crippen molar-refractivity contribution in [1.29, 1.82) is 0 Å². The van der Waals surface area contributed by atoms with Crippen LogP contribution in [0.15, 0.2) is 24.3 Å². The number of rotatable bonds is 2. The molecule has 0 bridgehead atoms. The third kappa shape index (κ3) is 2.80. The van der Waals surface area contributed by atoms with Crippen LogP contribution in [0.3, 0.4) is 0 Å². The van der Waals surface area contributed by atoms with Gasteiger partial charge in [0.1, 0.15) is 0 Å². The Labute approximate surface area is 98.6 Å². The van der Waals surface area contributed by atoms with Crippen molar-refractivity contribution < 1.29 is 17.9 Å². The molecular weight excluding hydrogens is 229 g/mol. The molecule has 94 valence electrons. The SMILES string of the molecule is CC[C@@H]1CC[C@H](c2ccc(C(F)(F)F)cc2)O1. The average Bonchev–Trinajstić information content (AvgIpc) is 2.76. The van der Waals surface area contributed by atoms with Crippen molar-refractivity contribution in [3.63, 3.8) is 0 Å². The fourth-order valence-electron chi connectivity index (χ4n) is 2.14. The summed E-state index contributed by atoms with van der Waals surface area (Å²) in [4.78, 5) is 0. The summed E-state index contributed by atoms with van der Waals surface area (Å²) in [5.41, 5.74) is 0.236. The van der Waals surface area contributed by atoms with Gasteiger partial charge in [0.05, 0.1) is 17.8 Å². The molecule has 4 heteroatoms. The summed E-state index contributed by atoms with van der Waals surface area (Å²) in [7, 11) is 0. The van der Waals surface area contributed by atoms with Crippen molar-refractivity contribution in [1.82, 2.24) is 0 Å². The minimum Gasteiger partial charge on any atom is -0.370 e. The second-order valence-corrected chi connectivity index (χ2v) is 4.35. The van der Waals surface area contributed by atoms with E-state index in [1.165, 1.54) is 12.1 Å². The second-order valence-electron chi connectivity index (χ2n) is 4.35. The monoisotopic (exact) mass is 244 g/mol. The van der Waals surface area contributed by atoms with Gasteiger partial charge in [-0.1, -0.05) is 19.1 Å². The van der Waals surface area contributed by atoms with E-state index in [1.54, 1.807) is 0 Å². The first-order chi connectivity index (χ1) is 8.00. The van der Waals surface area contributed by atoms with Crippen molar-refractivity contribution in [2.24, 2.45) is 0 Å². The summed E-state index contributed by atoms with van der Waals surface area (Å²) in [5.74, 6) is 0. The van der Waals surface area contributed by atoms with Gasteiger partial charge < -0.3 is 4.74 Å². The molecule has 1 saturated heterocycles. The zero-order valence-corrected chi connectivity index (χ0v) is 9.63. The number of hydrogen-bond acceptors (Lipinski definition) is 1. The number of hydrogen-bond donors (Lipinski definition) is 0. The molecule has 1 aliphatic heterocycles. The molecule has 1 fully saturated rings. The smallest absolute Gasteiger partial charge is 0.370 e. The Balaban J connectivity index is 2.09. The molecule has 1 heterocycles. The first-order valence-electron chi connectivity index (χ1n) is 5.83. The Bertz CT molecular complexity index is 369. The lowest BCUT2D eigenvalue weighted by molar-refractivity contribution is -0.137. The predicted molar refractivity (Wildman–Crippen MR) is 58.6 cm³/mol. The zero-order valence-electron chi connectivity index (χ0n) is 9.63. The Morgan fingerprint density at radius 1 is 1.18 bits per heavy atom. The highest BCUT2D eigenvalue weighted by molar-refractivity contribution is 5.26. The molecule has 0 saturated carbocycles. The summed E-state index contributed by atoms with van der Waals surface area (Å²) >= 11 is 0. The van der Waals surface area contributed by atoms with Gasteiger partial charge in [-0.3, -0.25) is 0 Å². The largest absolute Gasteiger partial charge is 0.416 e. The van der Waals surface area contributed by atoms with Crippen molar-refractivity contribution in [3.8, 4) is 0 Å². The third-order valence-electron chi connectivity index (χ3n) is 3.17. The van der Waals surface area contributed by atoms with Gasteiger partial charge in [-0.05, 0) is 37.0 Å². The molecule has 0 radical (unpaired) electrons. The van der Waals surface area contributed by atoms with Gasteiger partial charge >= 0.3 is 6.18 Å². The van der Waals surface area contributed by atoms with Gasteiger partial charge in [-0.25, -0.2) is 0 Å². The van der Waals surface area contributed by atoms with E-state index in [-0.39, 0.29) is 12.2 Å². The maximum atomic E-state index is 12.4. The molecule has 0 spiro atoms. The van der Waals surface area contributed by atoms with Crippen LogP contribution in [-0.2, 0) is 10.9 Å². The summed E-state index contributed by atoms with van der Waals surface area (Å²) in [6.07, 6.45) is -1.21. The van der Waals surface area contributed by atoms with E-state index >= 15 is 0 Å². The van der Waals surface area contributed by atoms with Crippen molar-refractivity contribution >= 4 is 0 Å². The van der Waals surface area contributed by atoms with Crippen LogP contribution in [0.25, 0.3) is 0 Å².